The Morgan fingerprint density at radius 3 is 2.32 bits per heavy atom. The highest BCUT2D eigenvalue weighted by Gasteiger charge is 1.96. The minimum Gasteiger partial charge on any atom is -0.329 e. The van der Waals surface area contributed by atoms with Crippen molar-refractivity contribution >= 4 is 18.2 Å². The second-order valence-electron chi connectivity index (χ2n) is 5.18. The van der Waals surface area contributed by atoms with Gasteiger partial charge in [0.05, 0.1) is 0 Å². The molecule has 22 heavy (non-hydrogen) atoms. The number of anilines is 1. The van der Waals surface area contributed by atoms with E-state index in [-0.39, 0.29) is 0 Å². The molecule has 0 atom stereocenters. The fourth-order valence-corrected chi connectivity index (χ4v) is 1.89. The number of aryl methyl sites for hydroxylation is 2. The second-order valence-corrected chi connectivity index (χ2v) is 5.18. The molecule has 0 spiro atoms. The maximum Gasteiger partial charge on any atom is 0.211 e. The first kappa shape index (κ1) is 17.7. The number of unbranched alkanes of at least 4 members (excludes halogenated alkanes) is 1. The number of carbonyl (C=O) groups is 1. The van der Waals surface area contributed by atoms with Gasteiger partial charge in [0.25, 0.3) is 0 Å². The van der Waals surface area contributed by atoms with Gasteiger partial charge in [-0.25, -0.2) is 0 Å². The van der Waals surface area contributed by atoms with Gasteiger partial charge in [-0.3, -0.25) is 4.79 Å². The van der Waals surface area contributed by atoms with E-state index < -0.39 is 0 Å². The minimum atomic E-state index is 0.699. The van der Waals surface area contributed by atoms with Gasteiger partial charge < -0.3 is 5.32 Å². The van der Waals surface area contributed by atoms with Gasteiger partial charge in [0.2, 0.25) is 6.41 Å². The van der Waals surface area contributed by atoms with Crippen molar-refractivity contribution in [2.75, 3.05) is 5.32 Å². The Morgan fingerprint density at radius 1 is 1.05 bits per heavy atom. The SMILES string of the molecule is CCC/C=C\c1cc(NC=O)ccc1C.Cc1ccccc1. The minimum absolute atomic E-state index is 0.699. The lowest BCUT2D eigenvalue weighted by atomic mass is 10.1. The van der Waals surface area contributed by atoms with Crippen LogP contribution in [0, 0.1) is 13.8 Å². The fourth-order valence-electron chi connectivity index (χ4n) is 1.89. The van der Waals surface area contributed by atoms with E-state index in [0.717, 1.165) is 24.1 Å². The lowest BCUT2D eigenvalue weighted by Crippen LogP contribution is -1.94. The number of amides is 1. The van der Waals surface area contributed by atoms with Gasteiger partial charge in [0.15, 0.2) is 0 Å². The normalized spacial score (nSPS) is 9.95. The summed E-state index contributed by atoms with van der Waals surface area (Å²) in [5, 5.41) is 2.65. The number of carbonyl (C=O) groups excluding carboxylic acids is 1. The maximum atomic E-state index is 10.3. The van der Waals surface area contributed by atoms with Crippen LogP contribution < -0.4 is 5.32 Å². The van der Waals surface area contributed by atoms with Crippen LogP contribution in [0.15, 0.2) is 54.6 Å². The van der Waals surface area contributed by atoms with E-state index in [1.165, 1.54) is 11.1 Å². The molecule has 116 valence electrons. The summed E-state index contributed by atoms with van der Waals surface area (Å²) in [6, 6.07) is 16.2. The zero-order valence-electron chi connectivity index (χ0n) is 13.7. The van der Waals surface area contributed by atoms with Crippen LogP contribution in [-0.4, -0.2) is 6.41 Å². The molecule has 0 heterocycles. The van der Waals surface area contributed by atoms with Crippen molar-refractivity contribution in [3.63, 3.8) is 0 Å². The zero-order chi connectivity index (χ0) is 16.2. The summed E-state index contributed by atoms with van der Waals surface area (Å²) in [6.45, 7) is 6.30. The predicted octanol–water partition coefficient (Wildman–Crippen LogP) is 5.37. The monoisotopic (exact) mass is 295 g/mol. The van der Waals surface area contributed by atoms with Gasteiger partial charge in [-0.1, -0.05) is 67.5 Å². The predicted molar refractivity (Wildman–Crippen MR) is 96.0 cm³/mol. The number of rotatable bonds is 5. The van der Waals surface area contributed by atoms with E-state index in [1.54, 1.807) is 0 Å². The molecule has 0 radical (unpaired) electrons. The molecule has 0 unspecified atom stereocenters. The van der Waals surface area contributed by atoms with Crippen LogP contribution in [0.2, 0.25) is 0 Å². The molecule has 1 amide bonds. The van der Waals surface area contributed by atoms with E-state index in [2.05, 4.69) is 50.4 Å². The van der Waals surface area contributed by atoms with Gasteiger partial charge in [0, 0.05) is 5.69 Å². The standard InChI is InChI=1S/C13H17NO.C7H8/c1-3-4-5-6-12-9-13(14-10-15)8-7-11(12)2;1-7-5-3-2-4-6-7/h5-10H,3-4H2,1-2H3,(H,14,15);2-6H,1H3/b6-5-;. The first-order chi connectivity index (χ1) is 10.7. The van der Waals surface area contributed by atoms with Crippen LogP contribution in [0.5, 0.6) is 0 Å². The van der Waals surface area contributed by atoms with Gasteiger partial charge in [-0.05, 0) is 43.5 Å². The summed E-state index contributed by atoms with van der Waals surface area (Å²) in [5.41, 5.74) is 4.54. The second kappa shape index (κ2) is 10.4. The topological polar surface area (TPSA) is 29.1 Å². The van der Waals surface area contributed by atoms with Gasteiger partial charge in [0.1, 0.15) is 0 Å². The lowest BCUT2D eigenvalue weighted by Gasteiger charge is -2.04. The first-order valence-corrected chi connectivity index (χ1v) is 7.66. The lowest BCUT2D eigenvalue weighted by molar-refractivity contribution is -0.105. The molecule has 2 nitrogen and oxygen atoms in total. The molecule has 1 N–H and O–H groups in total. The molecule has 0 aliphatic rings. The number of allylic oxidation sites excluding steroid dienone is 1. The fraction of sp³-hybridized carbons (Fsp3) is 0.250. The Hall–Kier alpha value is -2.35. The molecular formula is C20H25NO. The highest BCUT2D eigenvalue weighted by atomic mass is 16.1. The van der Waals surface area contributed by atoms with Crippen molar-refractivity contribution in [2.45, 2.75) is 33.6 Å². The molecule has 0 saturated heterocycles. The summed E-state index contributed by atoms with van der Waals surface area (Å²) in [6.07, 6.45) is 7.21. The molecule has 2 aromatic rings. The molecule has 0 saturated carbocycles. The number of nitrogens with one attached hydrogen (secondary N) is 1. The van der Waals surface area contributed by atoms with Crippen LogP contribution in [0.3, 0.4) is 0 Å². The van der Waals surface area contributed by atoms with Crippen molar-refractivity contribution < 1.29 is 4.79 Å². The highest BCUT2D eigenvalue weighted by molar-refractivity contribution is 5.73. The number of hydrogen-bond donors (Lipinski definition) is 1. The van der Waals surface area contributed by atoms with Crippen molar-refractivity contribution in [3.05, 3.63) is 71.3 Å². The third-order valence-electron chi connectivity index (χ3n) is 3.20. The third-order valence-corrected chi connectivity index (χ3v) is 3.20. The van der Waals surface area contributed by atoms with Gasteiger partial charge in [-0.2, -0.15) is 0 Å². The summed E-state index contributed by atoms with van der Waals surface area (Å²) < 4.78 is 0. The Morgan fingerprint density at radius 2 is 1.77 bits per heavy atom. The summed E-state index contributed by atoms with van der Waals surface area (Å²) in [4.78, 5) is 10.3. The van der Waals surface area contributed by atoms with E-state index in [0.29, 0.717) is 6.41 Å². The molecule has 2 rings (SSSR count). The smallest absolute Gasteiger partial charge is 0.211 e. The molecular weight excluding hydrogens is 270 g/mol. The highest BCUT2D eigenvalue weighted by Crippen LogP contribution is 2.16. The van der Waals surface area contributed by atoms with Gasteiger partial charge in [-0.15, -0.1) is 0 Å². The molecule has 0 fully saturated rings. The van der Waals surface area contributed by atoms with Crippen LogP contribution in [0.25, 0.3) is 6.08 Å². The third kappa shape index (κ3) is 6.89. The van der Waals surface area contributed by atoms with E-state index >= 15 is 0 Å². The quantitative estimate of drug-likeness (QED) is 0.738. The number of hydrogen-bond acceptors (Lipinski definition) is 1. The molecule has 0 aliphatic heterocycles. The Labute approximate surface area is 133 Å². The summed E-state index contributed by atoms with van der Waals surface area (Å²) in [5.74, 6) is 0. The van der Waals surface area contributed by atoms with E-state index in [4.69, 9.17) is 0 Å². The summed E-state index contributed by atoms with van der Waals surface area (Å²) >= 11 is 0. The summed E-state index contributed by atoms with van der Waals surface area (Å²) in [7, 11) is 0. The number of benzene rings is 2. The van der Waals surface area contributed by atoms with Gasteiger partial charge >= 0.3 is 0 Å². The Bertz CT molecular complexity index is 588. The molecule has 2 heteroatoms. The van der Waals surface area contributed by atoms with Crippen LogP contribution in [0.4, 0.5) is 5.69 Å². The maximum absolute atomic E-state index is 10.3. The molecule has 0 aromatic heterocycles. The van der Waals surface area contributed by atoms with Crippen molar-refractivity contribution in [1.82, 2.24) is 0 Å². The zero-order valence-corrected chi connectivity index (χ0v) is 13.7. The van der Waals surface area contributed by atoms with E-state index in [1.807, 2.05) is 36.4 Å². The molecule has 2 aromatic carbocycles. The van der Waals surface area contributed by atoms with Crippen LogP contribution in [0.1, 0.15) is 36.5 Å². The van der Waals surface area contributed by atoms with Crippen LogP contribution >= 0.6 is 0 Å². The van der Waals surface area contributed by atoms with Crippen molar-refractivity contribution in [3.8, 4) is 0 Å². The Kier molecular flexibility index (Phi) is 8.36. The molecule has 0 bridgehead atoms. The molecule has 0 aliphatic carbocycles. The largest absolute Gasteiger partial charge is 0.329 e. The van der Waals surface area contributed by atoms with E-state index in [9.17, 15) is 4.79 Å². The van der Waals surface area contributed by atoms with Crippen LogP contribution in [-0.2, 0) is 4.79 Å². The average molecular weight is 295 g/mol. The Balaban J connectivity index is 0.000000287. The van der Waals surface area contributed by atoms with Crippen molar-refractivity contribution in [2.24, 2.45) is 0 Å². The average Bonchev–Trinajstić information content (AvgIpc) is 2.52. The van der Waals surface area contributed by atoms with Crippen molar-refractivity contribution in [1.29, 1.82) is 0 Å². The first-order valence-electron chi connectivity index (χ1n) is 7.66.